The summed E-state index contributed by atoms with van der Waals surface area (Å²) in [5.41, 5.74) is 0. The van der Waals surface area contributed by atoms with Gasteiger partial charge in [-0.3, -0.25) is 9.59 Å². The third-order valence-corrected chi connectivity index (χ3v) is 4.69. The summed E-state index contributed by atoms with van der Waals surface area (Å²) in [4.78, 5) is 22.8. The summed E-state index contributed by atoms with van der Waals surface area (Å²) >= 11 is 3.19. The summed E-state index contributed by atoms with van der Waals surface area (Å²) < 4.78 is 30.5. The Morgan fingerprint density at radius 3 is 2.25 bits per heavy atom. The highest BCUT2D eigenvalue weighted by molar-refractivity contribution is 9.10. The van der Waals surface area contributed by atoms with Crippen molar-refractivity contribution in [2.45, 2.75) is 18.7 Å². The van der Waals surface area contributed by atoms with Crippen LogP contribution >= 0.6 is 15.9 Å². The molecule has 0 radical (unpaired) electrons. The average molecular weight is 364 g/mol. The maximum atomic E-state index is 12.3. The summed E-state index contributed by atoms with van der Waals surface area (Å²) in [6.45, 7) is 2.15. The number of nitrogens with zero attached hydrogens (tertiary/aromatic N) is 1. The lowest BCUT2D eigenvalue weighted by Gasteiger charge is -2.20. The Balaban J connectivity index is 3.09. The quantitative estimate of drug-likeness (QED) is 0.741. The van der Waals surface area contributed by atoms with Crippen LogP contribution < -0.4 is 0 Å². The molecule has 1 rings (SSSR count). The van der Waals surface area contributed by atoms with Gasteiger partial charge in [-0.05, 0) is 31.2 Å². The highest BCUT2D eigenvalue weighted by Crippen LogP contribution is 2.19. The summed E-state index contributed by atoms with van der Waals surface area (Å²) in [6, 6.07) is 5.77. The van der Waals surface area contributed by atoms with Crippen molar-refractivity contribution in [2.24, 2.45) is 0 Å². The maximum Gasteiger partial charge on any atom is 0.326 e. The molecule has 1 aromatic rings. The zero-order valence-corrected chi connectivity index (χ0v) is 13.4. The number of sulfonamides is 1. The highest BCUT2D eigenvalue weighted by Gasteiger charge is 2.29. The van der Waals surface area contributed by atoms with E-state index in [1.54, 1.807) is 6.92 Å². The van der Waals surface area contributed by atoms with Crippen molar-refractivity contribution < 1.29 is 22.7 Å². The summed E-state index contributed by atoms with van der Waals surface area (Å²) in [5, 5.41) is 0. The molecule has 0 aromatic heterocycles. The second-order valence-electron chi connectivity index (χ2n) is 3.79. The van der Waals surface area contributed by atoms with Gasteiger partial charge in [-0.1, -0.05) is 15.9 Å². The Bertz CT molecular complexity index is 597. The Morgan fingerprint density at radius 1 is 1.25 bits per heavy atom. The van der Waals surface area contributed by atoms with Crippen LogP contribution in [0.2, 0.25) is 0 Å². The van der Waals surface area contributed by atoms with E-state index in [4.69, 9.17) is 0 Å². The predicted molar refractivity (Wildman–Crippen MR) is 75.3 cm³/mol. The first-order valence-corrected chi connectivity index (χ1v) is 7.96. The molecule has 0 fully saturated rings. The molecule has 0 N–H and O–H groups in total. The van der Waals surface area contributed by atoms with E-state index < -0.39 is 28.4 Å². The average Bonchev–Trinajstić information content (AvgIpc) is 2.36. The molecular weight excluding hydrogens is 350 g/mol. The van der Waals surface area contributed by atoms with Crippen molar-refractivity contribution >= 4 is 37.8 Å². The van der Waals surface area contributed by atoms with Gasteiger partial charge in [-0.15, -0.1) is 0 Å². The van der Waals surface area contributed by atoms with Crippen LogP contribution in [-0.2, 0) is 24.3 Å². The van der Waals surface area contributed by atoms with Gasteiger partial charge in [0.25, 0.3) is 10.0 Å². The molecule has 110 valence electrons. The number of halogens is 1. The molecule has 0 spiro atoms. The topological polar surface area (TPSA) is 80.8 Å². The van der Waals surface area contributed by atoms with Gasteiger partial charge in [-0.2, -0.15) is 0 Å². The van der Waals surface area contributed by atoms with Crippen molar-refractivity contribution in [1.29, 1.82) is 0 Å². The van der Waals surface area contributed by atoms with Crippen molar-refractivity contribution in [1.82, 2.24) is 4.31 Å². The van der Waals surface area contributed by atoms with Gasteiger partial charge in [0.05, 0.1) is 11.5 Å². The van der Waals surface area contributed by atoms with E-state index in [1.807, 2.05) is 0 Å². The molecule has 0 aliphatic rings. The Kier molecular flexibility index (Phi) is 5.70. The lowest BCUT2D eigenvalue weighted by Crippen LogP contribution is -2.39. The van der Waals surface area contributed by atoms with Crippen LogP contribution in [-0.4, -0.2) is 37.8 Å². The standard InChI is InChI=1S/C12H14BrNO5S/c1-3-19-12(16)8-14(9(2)15)20(17,18)11-6-4-10(13)5-7-11/h4-7H,3,8H2,1-2H3. The van der Waals surface area contributed by atoms with Crippen LogP contribution in [0.25, 0.3) is 0 Å². The third kappa shape index (κ3) is 4.04. The minimum Gasteiger partial charge on any atom is -0.465 e. The number of rotatable bonds is 5. The van der Waals surface area contributed by atoms with Crippen LogP contribution in [0.4, 0.5) is 0 Å². The minimum absolute atomic E-state index is 0.0693. The number of amides is 1. The van der Waals surface area contributed by atoms with Gasteiger partial charge in [0.15, 0.2) is 0 Å². The zero-order chi connectivity index (χ0) is 15.3. The largest absolute Gasteiger partial charge is 0.465 e. The maximum absolute atomic E-state index is 12.3. The minimum atomic E-state index is -4.07. The van der Waals surface area contributed by atoms with Crippen molar-refractivity contribution in [3.63, 3.8) is 0 Å². The van der Waals surface area contributed by atoms with Crippen LogP contribution in [0.1, 0.15) is 13.8 Å². The van der Waals surface area contributed by atoms with Gasteiger partial charge >= 0.3 is 5.97 Å². The number of hydrogen-bond acceptors (Lipinski definition) is 5. The van der Waals surface area contributed by atoms with Crippen LogP contribution in [0.15, 0.2) is 33.6 Å². The molecule has 8 heteroatoms. The molecule has 1 amide bonds. The number of ether oxygens (including phenoxy) is 1. The van der Waals surface area contributed by atoms with Gasteiger partial charge in [-0.25, -0.2) is 12.7 Å². The first kappa shape index (κ1) is 16.6. The van der Waals surface area contributed by atoms with Gasteiger partial charge < -0.3 is 4.74 Å². The van der Waals surface area contributed by atoms with E-state index in [1.165, 1.54) is 24.3 Å². The first-order valence-electron chi connectivity index (χ1n) is 5.73. The number of carbonyl (C=O) groups is 2. The van der Waals surface area contributed by atoms with Gasteiger partial charge in [0.2, 0.25) is 5.91 Å². The van der Waals surface area contributed by atoms with Crippen molar-refractivity contribution in [3.05, 3.63) is 28.7 Å². The lowest BCUT2D eigenvalue weighted by atomic mass is 10.4. The summed E-state index contributed by atoms with van der Waals surface area (Å²) in [5.74, 6) is -1.52. The normalized spacial score (nSPS) is 10.9. The molecule has 0 unspecified atom stereocenters. The Morgan fingerprint density at radius 2 is 1.80 bits per heavy atom. The molecule has 0 heterocycles. The van der Waals surface area contributed by atoms with E-state index in [0.29, 0.717) is 8.78 Å². The third-order valence-electron chi connectivity index (χ3n) is 2.33. The van der Waals surface area contributed by atoms with Gasteiger partial charge in [0, 0.05) is 11.4 Å². The predicted octanol–water partition coefficient (Wildman–Crippen LogP) is 1.55. The smallest absolute Gasteiger partial charge is 0.326 e. The van der Waals surface area contributed by atoms with Crippen molar-refractivity contribution in [3.8, 4) is 0 Å². The Labute approximate surface area is 125 Å². The number of esters is 1. The molecule has 0 bridgehead atoms. The fourth-order valence-corrected chi connectivity index (χ4v) is 3.04. The number of hydrogen-bond donors (Lipinski definition) is 0. The van der Waals surface area contributed by atoms with Crippen LogP contribution in [0, 0.1) is 0 Å². The van der Waals surface area contributed by atoms with Gasteiger partial charge in [0.1, 0.15) is 6.54 Å². The molecule has 0 atom stereocenters. The van der Waals surface area contributed by atoms with E-state index in [-0.39, 0.29) is 11.5 Å². The van der Waals surface area contributed by atoms with E-state index >= 15 is 0 Å². The zero-order valence-electron chi connectivity index (χ0n) is 11.0. The van der Waals surface area contributed by atoms with Crippen LogP contribution in [0.5, 0.6) is 0 Å². The van der Waals surface area contributed by atoms with Crippen molar-refractivity contribution in [2.75, 3.05) is 13.2 Å². The van der Waals surface area contributed by atoms with E-state index in [0.717, 1.165) is 6.92 Å². The van der Waals surface area contributed by atoms with E-state index in [9.17, 15) is 18.0 Å². The van der Waals surface area contributed by atoms with E-state index in [2.05, 4.69) is 20.7 Å². The number of benzene rings is 1. The Hall–Kier alpha value is -1.41. The summed E-state index contributed by atoms with van der Waals surface area (Å²) in [6.07, 6.45) is 0. The molecule has 20 heavy (non-hydrogen) atoms. The monoisotopic (exact) mass is 363 g/mol. The number of carbonyl (C=O) groups excluding carboxylic acids is 2. The molecule has 0 saturated carbocycles. The molecule has 0 aliphatic carbocycles. The first-order chi connectivity index (χ1) is 9.28. The molecule has 0 saturated heterocycles. The fourth-order valence-electron chi connectivity index (χ4n) is 1.42. The van der Waals surface area contributed by atoms with Crippen LogP contribution in [0.3, 0.4) is 0 Å². The molecule has 6 nitrogen and oxygen atoms in total. The molecular formula is C12H14BrNO5S. The highest BCUT2D eigenvalue weighted by atomic mass is 79.9. The summed E-state index contributed by atoms with van der Waals surface area (Å²) in [7, 11) is -4.07. The molecule has 0 aliphatic heterocycles. The molecule has 1 aromatic carbocycles. The lowest BCUT2D eigenvalue weighted by molar-refractivity contribution is -0.145. The fraction of sp³-hybridized carbons (Fsp3) is 0.333. The second kappa shape index (κ2) is 6.85. The second-order valence-corrected chi connectivity index (χ2v) is 6.57. The SMILES string of the molecule is CCOC(=O)CN(C(C)=O)S(=O)(=O)c1ccc(Br)cc1.